The van der Waals surface area contributed by atoms with E-state index in [9.17, 15) is 4.79 Å². The summed E-state index contributed by atoms with van der Waals surface area (Å²) in [5.41, 5.74) is 2.37. The summed E-state index contributed by atoms with van der Waals surface area (Å²) in [7, 11) is 3.00. The fourth-order valence-electron chi connectivity index (χ4n) is 2.35. The highest BCUT2D eigenvalue weighted by molar-refractivity contribution is 7.80. The van der Waals surface area contributed by atoms with E-state index >= 15 is 0 Å². The normalized spacial score (nSPS) is 10.2. The Balaban J connectivity index is 2.17. The first-order chi connectivity index (χ1) is 11.5. The van der Waals surface area contributed by atoms with Gasteiger partial charge in [0.1, 0.15) is 10.8 Å². The van der Waals surface area contributed by atoms with E-state index in [1.807, 2.05) is 38.1 Å². The summed E-state index contributed by atoms with van der Waals surface area (Å²) in [4.78, 5) is 13.2. The summed E-state index contributed by atoms with van der Waals surface area (Å²) in [6.45, 7) is 4.00. The van der Waals surface area contributed by atoms with Crippen LogP contribution in [0, 0.1) is 6.92 Å². The molecule has 0 spiro atoms. The van der Waals surface area contributed by atoms with E-state index in [1.54, 1.807) is 7.11 Å². The average Bonchev–Trinajstić information content (AvgIpc) is 2.89. The monoisotopic (exact) mass is 364 g/mol. The van der Waals surface area contributed by atoms with Crippen molar-refractivity contribution in [3.63, 3.8) is 0 Å². The molecule has 2 aromatic rings. The largest absolute Gasteiger partial charge is 0.497 e. The lowest BCUT2D eigenvalue weighted by atomic mass is 10.1. The third-order valence-corrected chi connectivity index (χ3v) is 4.79. The molecule has 1 aromatic heterocycles. The highest BCUT2D eigenvalue weighted by atomic mass is 32.1. The third kappa shape index (κ3) is 4.04. The maximum Gasteiger partial charge on any atom is 0.341 e. The Morgan fingerprint density at radius 1 is 1.21 bits per heavy atom. The molecular weight excluding hydrogens is 344 g/mol. The predicted molar refractivity (Wildman–Crippen MR) is 103 cm³/mol. The number of carbonyl (C=O) groups is 1. The zero-order valence-corrected chi connectivity index (χ0v) is 15.7. The number of ether oxygens (including phenoxy) is 2. The van der Waals surface area contributed by atoms with Crippen LogP contribution in [0.5, 0.6) is 5.75 Å². The topological polar surface area (TPSA) is 59.6 Å². The molecule has 0 unspecified atom stereocenters. The van der Waals surface area contributed by atoms with Crippen molar-refractivity contribution in [2.75, 3.05) is 24.9 Å². The molecule has 0 aliphatic heterocycles. The van der Waals surface area contributed by atoms with Crippen molar-refractivity contribution >= 4 is 45.3 Å². The Morgan fingerprint density at radius 3 is 2.42 bits per heavy atom. The van der Waals surface area contributed by atoms with E-state index in [2.05, 4.69) is 10.6 Å². The van der Waals surface area contributed by atoms with Crippen LogP contribution in [0.2, 0.25) is 0 Å². The summed E-state index contributed by atoms with van der Waals surface area (Å²) in [5.74, 6) is 0.417. The van der Waals surface area contributed by atoms with E-state index in [1.165, 1.54) is 18.4 Å². The number of carbonyl (C=O) groups excluding carboxylic acids is 1. The molecule has 0 radical (unpaired) electrons. The molecule has 7 heteroatoms. The zero-order chi connectivity index (χ0) is 17.7. The van der Waals surface area contributed by atoms with Gasteiger partial charge < -0.3 is 20.1 Å². The molecule has 0 aliphatic rings. The highest BCUT2D eigenvalue weighted by Crippen LogP contribution is 2.34. The van der Waals surface area contributed by atoms with Crippen molar-refractivity contribution < 1.29 is 14.3 Å². The molecule has 128 valence electrons. The van der Waals surface area contributed by atoms with Crippen molar-refractivity contribution in [2.24, 2.45) is 0 Å². The molecule has 1 aromatic carbocycles. The Bertz CT molecular complexity index is 739. The molecule has 2 N–H and O–H groups in total. The van der Waals surface area contributed by atoms with Crippen molar-refractivity contribution in [1.29, 1.82) is 0 Å². The van der Waals surface area contributed by atoms with Crippen molar-refractivity contribution in [1.82, 2.24) is 0 Å². The quantitative estimate of drug-likeness (QED) is 0.612. The summed E-state index contributed by atoms with van der Waals surface area (Å²) in [6, 6.07) is 7.42. The molecule has 0 atom stereocenters. The van der Waals surface area contributed by atoms with Crippen LogP contribution in [-0.4, -0.2) is 25.3 Å². The molecule has 24 heavy (non-hydrogen) atoms. The van der Waals surface area contributed by atoms with Gasteiger partial charge in [-0.15, -0.1) is 11.3 Å². The van der Waals surface area contributed by atoms with E-state index in [0.29, 0.717) is 15.7 Å². The molecule has 1 heterocycles. The third-order valence-electron chi connectivity index (χ3n) is 3.53. The number of nitrogens with one attached hydrogen (secondary N) is 2. The maximum absolute atomic E-state index is 12.1. The Hall–Kier alpha value is -2.12. The first-order valence-electron chi connectivity index (χ1n) is 7.42. The van der Waals surface area contributed by atoms with Crippen LogP contribution in [0.1, 0.15) is 27.7 Å². The number of hydrogen-bond acceptors (Lipinski definition) is 5. The van der Waals surface area contributed by atoms with Gasteiger partial charge in [-0.2, -0.15) is 0 Å². The summed E-state index contributed by atoms with van der Waals surface area (Å²) < 4.78 is 10.0. The van der Waals surface area contributed by atoms with E-state index in [-0.39, 0.29) is 5.97 Å². The molecule has 5 nitrogen and oxygen atoms in total. The minimum atomic E-state index is -0.356. The second-order valence-electron chi connectivity index (χ2n) is 4.99. The predicted octanol–water partition coefficient (Wildman–Crippen LogP) is 4.22. The van der Waals surface area contributed by atoms with Crippen LogP contribution in [-0.2, 0) is 11.2 Å². The lowest BCUT2D eigenvalue weighted by molar-refractivity contribution is 0.0601. The van der Waals surface area contributed by atoms with Gasteiger partial charge in [0.25, 0.3) is 0 Å². The van der Waals surface area contributed by atoms with Gasteiger partial charge in [0.05, 0.1) is 19.8 Å². The molecule has 0 bridgehead atoms. The summed E-state index contributed by atoms with van der Waals surface area (Å²) in [5, 5.41) is 7.30. The number of rotatable bonds is 5. The number of benzene rings is 1. The fourth-order valence-corrected chi connectivity index (χ4v) is 3.77. The lowest BCUT2D eigenvalue weighted by Gasteiger charge is -2.11. The number of anilines is 2. The van der Waals surface area contributed by atoms with Gasteiger partial charge in [-0.1, -0.05) is 6.92 Å². The zero-order valence-electron chi connectivity index (χ0n) is 14.1. The number of aryl methyl sites for hydroxylation is 1. The standard InChI is InChI=1S/C17H20N2O3S2/c1-5-13-10(2)24-15(14(13)16(20)22-4)19-17(23)18-11-6-8-12(21-3)9-7-11/h6-9H,5H2,1-4H3,(H2,18,19,23). The van der Waals surface area contributed by atoms with E-state index in [4.69, 9.17) is 21.7 Å². The summed E-state index contributed by atoms with van der Waals surface area (Å²) in [6.07, 6.45) is 0.757. The van der Waals surface area contributed by atoms with Crippen LogP contribution < -0.4 is 15.4 Å². The second kappa shape index (κ2) is 8.12. The van der Waals surface area contributed by atoms with Crippen LogP contribution in [0.15, 0.2) is 24.3 Å². The Kier molecular flexibility index (Phi) is 6.16. The van der Waals surface area contributed by atoms with Gasteiger partial charge in [-0.3, -0.25) is 0 Å². The molecule has 0 fully saturated rings. The fraction of sp³-hybridized carbons (Fsp3) is 0.294. The average molecular weight is 364 g/mol. The second-order valence-corrected chi connectivity index (χ2v) is 6.63. The minimum absolute atomic E-state index is 0.356. The van der Waals surface area contributed by atoms with Gasteiger partial charge in [-0.05, 0) is 55.4 Å². The van der Waals surface area contributed by atoms with Crippen LogP contribution in [0.4, 0.5) is 10.7 Å². The van der Waals surface area contributed by atoms with Crippen LogP contribution in [0.3, 0.4) is 0 Å². The molecule has 0 amide bonds. The SMILES string of the molecule is CCc1c(C)sc(NC(=S)Nc2ccc(OC)cc2)c1C(=O)OC. The number of hydrogen-bond donors (Lipinski definition) is 2. The molecule has 0 saturated heterocycles. The number of esters is 1. The molecule has 2 rings (SSSR count). The van der Waals surface area contributed by atoms with E-state index < -0.39 is 0 Å². The number of methoxy groups -OCH3 is 2. The first kappa shape index (κ1) is 18.2. The van der Waals surface area contributed by atoms with Gasteiger partial charge in [0.2, 0.25) is 0 Å². The minimum Gasteiger partial charge on any atom is -0.497 e. The highest BCUT2D eigenvalue weighted by Gasteiger charge is 2.22. The van der Waals surface area contributed by atoms with E-state index in [0.717, 1.165) is 28.3 Å². The number of thiocarbonyl (C=S) groups is 1. The van der Waals surface area contributed by atoms with Crippen LogP contribution >= 0.6 is 23.6 Å². The first-order valence-corrected chi connectivity index (χ1v) is 8.65. The van der Waals surface area contributed by atoms with Gasteiger partial charge >= 0.3 is 5.97 Å². The van der Waals surface area contributed by atoms with Crippen molar-refractivity contribution in [2.45, 2.75) is 20.3 Å². The molecular formula is C17H20N2O3S2. The number of thiophene rings is 1. The smallest absolute Gasteiger partial charge is 0.341 e. The van der Waals surface area contributed by atoms with Crippen molar-refractivity contribution in [3.05, 3.63) is 40.3 Å². The Morgan fingerprint density at radius 2 is 1.88 bits per heavy atom. The van der Waals surface area contributed by atoms with Gasteiger partial charge in [0, 0.05) is 10.6 Å². The summed E-state index contributed by atoms with van der Waals surface area (Å²) >= 11 is 6.85. The Labute approximate surface area is 151 Å². The lowest BCUT2D eigenvalue weighted by Crippen LogP contribution is -2.20. The van der Waals surface area contributed by atoms with Crippen molar-refractivity contribution in [3.8, 4) is 5.75 Å². The molecule has 0 saturated carbocycles. The van der Waals surface area contributed by atoms with Crippen LogP contribution in [0.25, 0.3) is 0 Å². The van der Waals surface area contributed by atoms with Gasteiger partial charge in [-0.25, -0.2) is 4.79 Å². The van der Waals surface area contributed by atoms with Gasteiger partial charge in [0.15, 0.2) is 5.11 Å². The molecule has 0 aliphatic carbocycles. The maximum atomic E-state index is 12.1.